The van der Waals surface area contributed by atoms with Crippen LogP contribution in [0.5, 0.6) is 0 Å². The van der Waals surface area contributed by atoms with E-state index in [4.69, 9.17) is 4.74 Å². The number of benzene rings is 3. The van der Waals surface area contributed by atoms with E-state index in [2.05, 4.69) is 28.5 Å². The van der Waals surface area contributed by atoms with Gasteiger partial charge in [0.1, 0.15) is 6.10 Å². The van der Waals surface area contributed by atoms with Gasteiger partial charge in [0.2, 0.25) is 0 Å². The highest BCUT2D eigenvalue weighted by Gasteiger charge is 2.29. The number of carbonyl (C=O) groups excluding carboxylic acids is 3. The Labute approximate surface area is 281 Å². The number of amides is 2. The molecule has 0 fully saturated rings. The molecule has 0 aliphatic rings. The Bertz CT molecular complexity index is 1900. The Morgan fingerprint density at radius 1 is 0.875 bits per heavy atom. The lowest BCUT2D eigenvalue weighted by Crippen LogP contribution is -2.31. The summed E-state index contributed by atoms with van der Waals surface area (Å²) in [4.78, 5) is 39.0. The normalized spacial score (nSPS) is 11.9. The van der Waals surface area contributed by atoms with Gasteiger partial charge in [-0.15, -0.1) is 13.2 Å². The van der Waals surface area contributed by atoms with Crippen molar-refractivity contribution < 1.29 is 32.3 Å². The molecule has 0 unspecified atom stereocenters. The third kappa shape index (κ3) is 8.47. The minimum atomic E-state index is -4.09. The van der Waals surface area contributed by atoms with Crippen LogP contribution in [0.4, 0.5) is 11.4 Å². The van der Waals surface area contributed by atoms with E-state index >= 15 is 0 Å². The smallest absolute Gasteiger partial charge is 0.305 e. The molecule has 1 aromatic heterocycles. The number of allylic oxidation sites excluding steroid dienone is 1. The van der Waals surface area contributed by atoms with Crippen molar-refractivity contribution in [3.63, 3.8) is 0 Å². The first-order valence-corrected chi connectivity index (χ1v) is 17.1. The second kappa shape index (κ2) is 16.7. The minimum absolute atomic E-state index is 0.0934. The predicted octanol–water partition coefficient (Wildman–Crippen LogP) is 6.80. The zero-order valence-electron chi connectivity index (χ0n) is 27.2. The number of aromatic nitrogens is 1. The Hall–Kier alpha value is -5.00. The first-order chi connectivity index (χ1) is 23.1. The molecule has 0 spiro atoms. The van der Waals surface area contributed by atoms with Crippen molar-refractivity contribution in [2.75, 3.05) is 24.4 Å². The zero-order valence-corrected chi connectivity index (χ0v) is 28.1. The van der Waals surface area contributed by atoms with Gasteiger partial charge in [0.15, 0.2) is 0 Å². The Kier molecular flexibility index (Phi) is 12.5. The van der Waals surface area contributed by atoms with E-state index in [1.165, 1.54) is 11.1 Å². The molecular weight excluding hydrogens is 630 g/mol. The van der Waals surface area contributed by atoms with E-state index < -0.39 is 27.9 Å². The molecule has 3 aromatic carbocycles. The van der Waals surface area contributed by atoms with Crippen LogP contribution < -0.4 is 10.6 Å². The number of anilines is 2. The molecule has 1 heterocycles. The van der Waals surface area contributed by atoms with E-state index in [9.17, 15) is 22.8 Å². The van der Waals surface area contributed by atoms with Crippen LogP contribution in [0.25, 0.3) is 10.9 Å². The molecule has 252 valence electrons. The van der Waals surface area contributed by atoms with Crippen molar-refractivity contribution in [2.24, 2.45) is 0 Å². The standard InChI is InChI=1S/C37H41N3O7S/c1-5-14-32-35(28-15-10-13-18-31(28)40(32)48(44,45)27-23-21-26(3)22-24-27)37(43)39-30-17-12-11-16-29(30)38-36(42)33(47-25-6-2)19-8-7-9-20-34(41)46-4/h5-6,10-13,15-18,21-24,33H,1-2,7-9,14,19-20,25H2,3-4H3,(H,38,42)(H,39,43)/t33-/m0/s1. The maximum absolute atomic E-state index is 14.1. The van der Waals surface area contributed by atoms with Crippen molar-refractivity contribution in [1.82, 2.24) is 3.97 Å². The highest BCUT2D eigenvalue weighted by atomic mass is 32.2. The van der Waals surface area contributed by atoms with Crippen molar-refractivity contribution in [2.45, 2.75) is 56.4 Å². The Morgan fingerprint density at radius 3 is 2.21 bits per heavy atom. The number of esters is 1. The quantitative estimate of drug-likeness (QED) is 0.0717. The third-order valence-electron chi connectivity index (χ3n) is 7.77. The van der Waals surface area contributed by atoms with Gasteiger partial charge in [-0.2, -0.15) is 0 Å². The molecule has 0 saturated heterocycles. The fraction of sp³-hybridized carbons (Fsp3) is 0.270. The molecule has 48 heavy (non-hydrogen) atoms. The summed E-state index contributed by atoms with van der Waals surface area (Å²) in [5.41, 5.74) is 2.37. The number of hydrogen-bond donors (Lipinski definition) is 2. The molecule has 10 nitrogen and oxygen atoms in total. The summed E-state index contributed by atoms with van der Waals surface area (Å²) in [6, 6.07) is 20.1. The van der Waals surface area contributed by atoms with Crippen molar-refractivity contribution in [3.8, 4) is 0 Å². The number of nitrogens with zero attached hydrogens (tertiary/aromatic N) is 1. The summed E-state index contributed by atoms with van der Waals surface area (Å²) in [7, 11) is -2.74. The average molecular weight is 672 g/mol. The lowest BCUT2D eigenvalue weighted by atomic mass is 10.1. The molecule has 11 heteroatoms. The lowest BCUT2D eigenvalue weighted by molar-refractivity contribution is -0.140. The number of nitrogens with one attached hydrogen (secondary N) is 2. The molecule has 2 N–H and O–H groups in total. The second-order valence-corrected chi connectivity index (χ2v) is 13.0. The number of aryl methyl sites for hydroxylation is 1. The molecular formula is C37H41N3O7S. The molecule has 0 radical (unpaired) electrons. The number of methoxy groups -OCH3 is 1. The van der Waals surface area contributed by atoms with E-state index in [1.807, 2.05) is 6.92 Å². The van der Waals surface area contributed by atoms with Gasteiger partial charge < -0.3 is 20.1 Å². The number of unbranched alkanes of at least 4 members (excludes halogenated alkanes) is 2. The summed E-state index contributed by atoms with van der Waals surface area (Å²) in [6.07, 6.45) is 5.12. The highest BCUT2D eigenvalue weighted by Crippen LogP contribution is 2.33. The van der Waals surface area contributed by atoms with Crippen LogP contribution in [0.15, 0.2) is 103 Å². The molecule has 0 aliphatic heterocycles. The fourth-order valence-corrected chi connectivity index (χ4v) is 6.95. The summed E-state index contributed by atoms with van der Waals surface area (Å²) in [6.45, 7) is 9.53. The van der Waals surface area contributed by atoms with Gasteiger partial charge in [-0.3, -0.25) is 14.4 Å². The molecule has 1 atom stereocenters. The van der Waals surface area contributed by atoms with Gasteiger partial charge in [0.05, 0.1) is 46.8 Å². The highest BCUT2D eigenvalue weighted by molar-refractivity contribution is 7.90. The van der Waals surface area contributed by atoms with Gasteiger partial charge >= 0.3 is 5.97 Å². The third-order valence-corrected chi connectivity index (χ3v) is 9.53. The Balaban J connectivity index is 1.63. The number of ether oxygens (including phenoxy) is 2. The van der Waals surface area contributed by atoms with Crippen LogP contribution in [-0.2, 0) is 35.5 Å². The minimum Gasteiger partial charge on any atom is -0.469 e. The zero-order chi connectivity index (χ0) is 34.7. The SMILES string of the molecule is C=CCO[C@@H](CCCCCC(=O)OC)C(=O)Nc1ccccc1NC(=O)c1c(CC=C)n(S(=O)(=O)c2ccc(C)cc2)c2ccccc12. The van der Waals surface area contributed by atoms with Gasteiger partial charge in [-0.1, -0.05) is 73.0 Å². The van der Waals surface area contributed by atoms with Crippen molar-refractivity contribution >= 4 is 50.1 Å². The summed E-state index contributed by atoms with van der Waals surface area (Å²) < 4.78 is 39.7. The van der Waals surface area contributed by atoms with E-state index in [-0.39, 0.29) is 35.1 Å². The van der Waals surface area contributed by atoms with Gasteiger partial charge in [0.25, 0.3) is 21.8 Å². The summed E-state index contributed by atoms with van der Waals surface area (Å²) in [5.74, 6) is -1.23. The maximum Gasteiger partial charge on any atom is 0.305 e. The van der Waals surface area contributed by atoms with E-state index in [0.717, 1.165) is 5.56 Å². The maximum atomic E-state index is 14.1. The van der Waals surface area contributed by atoms with Crippen LogP contribution in [0.3, 0.4) is 0 Å². The summed E-state index contributed by atoms with van der Waals surface area (Å²) in [5, 5.41) is 6.22. The van der Waals surface area contributed by atoms with Crippen LogP contribution >= 0.6 is 0 Å². The second-order valence-electron chi connectivity index (χ2n) is 11.2. The number of fused-ring (bicyclic) bond motifs is 1. The first-order valence-electron chi connectivity index (χ1n) is 15.7. The number of carbonyl (C=O) groups is 3. The largest absolute Gasteiger partial charge is 0.469 e. The molecule has 0 saturated carbocycles. The monoisotopic (exact) mass is 671 g/mol. The topological polar surface area (TPSA) is 133 Å². The summed E-state index contributed by atoms with van der Waals surface area (Å²) >= 11 is 0. The van der Waals surface area contributed by atoms with E-state index in [0.29, 0.717) is 54.4 Å². The molecule has 2 amide bonds. The van der Waals surface area contributed by atoms with Crippen LogP contribution in [-0.4, -0.2) is 50.0 Å². The number of para-hydroxylation sites is 3. The van der Waals surface area contributed by atoms with Crippen molar-refractivity contribution in [3.05, 3.63) is 115 Å². The predicted molar refractivity (Wildman–Crippen MR) is 188 cm³/mol. The molecule has 4 aromatic rings. The van der Waals surface area contributed by atoms with Gasteiger partial charge in [0, 0.05) is 18.2 Å². The van der Waals surface area contributed by atoms with E-state index in [1.54, 1.807) is 84.9 Å². The van der Waals surface area contributed by atoms with Gasteiger partial charge in [-0.25, -0.2) is 12.4 Å². The Morgan fingerprint density at radius 2 is 1.54 bits per heavy atom. The van der Waals surface area contributed by atoms with Crippen LogP contribution in [0.2, 0.25) is 0 Å². The van der Waals surface area contributed by atoms with Crippen LogP contribution in [0, 0.1) is 6.92 Å². The number of hydrogen-bond acceptors (Lipinski definition) is 7. The van der Waals surface area contributed by atoms with Crippen LogP contribution in [0.1, 0.15) is 53.7 Å². The number of rotatable bonds is 17. The molecule has 0 aliphatic carbocycles. The fourth-order valence-electron chi connectivity index (χ4n) is 5.38. The van der Waals surface area contributed by atoms with Crippen molar-refractivity contribution in [1.29, 1.82) is 0 Å². The van der Waals surface area contributed by atoms with Gasteiger partial charge in [-0.05, 0) is 50.1 Å². The lowest BCUT2D eigenvalue weighted by Gasteiger charge is -2.19. The molecule has 4 rings (SSSR count). The molecule has 0 bridgehead atoms. The first kappa shape index (κ1) is 35.8. The average Bonchev–Trinajstić information content (AvgIpc) is 3.41.